The number of nitrogens with one attached hydrogen (secondary N) is 1. The summed E-state index contributed by atoms with van der Waals surface area (Å²) in [6, 6.07) is 11.0. The number of carbonyl (C=O) groups is 1. The number of anilines is 1. The molecule has 1 aromatic carbocycles. The van der Waals surface area contributed by atoms with Crippen LogP contribution in [0.15, 0.2) is 53.0 Å². The molecule has 0 aliphatic carbocycles. The number of benzene rings is 1. The average molecular weight is 367 g/mol. The van der Waals surface area contributed by atoms with E-state index in [4.69, 9.17) is 10.5 Å². The maximum absolute atomic E-state index is 12.2. The van der Waals surface area contributed by atoms with Crippen molar-refractivity contribution in [1.82, 2.24) is 14.8 Å². The Labute approximate surface area is 154 Å². The van der Waals surface area contributed by atoms with Crippen molar-refractivity contribution < 1.29 is 9.53 Å². The molecule has 26 heavy (non-hydrogen) atoms. The summed E-state index contributed by atoms with van der Waals surface area (Å²) in [4.78, 5) is 17.7. The van der Waals surface area contributed by atoms with Crippen LogP contribution in [0.5, 0.6) is 5.75 Å². The van der Waals surface area contributed by atoms with Crippen LogP contribution in [0.25, 0.3) is 10.7 Å². The number of hydrogen-bond acceptors (Lipinski definition) is 6. The molecular formula is C18H17N5O2S. The van der Waals surface area contributed by atoms with Gasteiger partial charge in [0, 0.05) is 5.70 Å². The third kappa shape index (κ3) is 2.64. The number of allylic oxidation sites excluding steroid dienone is 1. The summed E-state index contributed by atoms with van der Waals surface area (Å²) in [6.07, 6.45) is 0. The highest BCUT2D eigenvalue weighted by atomic mass is 32.1. The SMILES string of the molecule is COc1cccc([C@H]2C(C(N)=O)=C(C)Nc3nc(-c4cccs4)nn32)c1. The van der Waals surface area contributed by atoms with Crippen LogP contribution in [-0.2, 0) is 4.79 Å². The topological polar surface area (TPSA) is 95.1 Å². The Morgan fingerprint density at radius 1 is 1.35 bits per heavy atom. The normalized spacial score (nSPS) is 16.2. The third-order valence-corrected chi connectivity index (χ3v) is 5.13. The van der Waals surface area contributed by atoms with Crippen molar-refractivity contribution in [3.8, 4) is 16.5 Å². The van der Waals surface area contributed by atoms with Gasteiger partial charge < -0.3 is 15.8 Å². The summed E-state index contributed by atoms with van der Waals surface area (Å²) in [6.45, 7) is 1.82. The number of nitrogens with zero attached hydrogens (tertiary/aromatic N) is 3. The van der Waals surface area contributed by atoms with Crippen LogP contribution < -0.4 is 15.8 Å². The van der Waals surface area contributed by atoms with Crippen LogP contribution in [0.1, 0.15) is 18.5 Å². The predicted molar refractivity (Wildman–Crippen MR) is 100.0 cm³/mol. The number of primary amides is 1. The molecule has 2 aromatic heterocycles. The molecule has 1 aliphatic heterocycles. The van der Waals surface area contributed by atoms with Gasteiger partial charge in [-0.3, -0.25) is 4.79 Å². The smallest absolute Gasteiger partial charge is 0.248 e. The summed E-state index contributed by atoms with van der Waals surface area (Å²) in [5.41, 5.74) is 7.66. The highest BCUT2D eigenvalue weighted by Gasteiger charge is 2.33. The highest BCUT2D eigenvalue weighted by Crippen LogP contribution is 2.37. The van der Waals surface area contributed by atoms with Gasteiger partial charge in [0.1, 0.15) is 11.8 Å². The molecule has 3 aromatic rings. The lowest BCUT2D eigenvalue weighted by molar-refractivity contribution is -0.115. The molecule has 3 N–H and O–H groups in total. The van der Waals surface area contributed by atoms with E-state index in [1.165, 1.54) is 0 Å². The minimum absolute atomic E-state index is 0.452. The van der Waals surface area contributed by atoms with Gasteiger partial charge in [0.15, 0.2) is 5.82 Å². The number of carbonyl (C=O) groups excluding carboxylic acids is 1. The molecule has 4 rings (SSSR count). The van der Waals surface area contributed by atoms with E-state index in [1.807, 2.05) is 48.7 Å². The van der Waals surface area contributed by atoms with Crippen LogP contribution >= 0.6 is 11.3 Å². The molecule has 1 amide bonds. The van der Waals surface area contributed by atoms with Gasteiger partial charge in [-0.15, -0.1) is 16.4 Å². The molecule has 0 unspecified atom stereocenters. The zero-order valence-corrected chi connectivity index (χ0v) is 15.1. The fraction of sp³-hybridized carbons (Fsp3) is 0.167. The minimum atomic E-state index is -0.498. The third-order valence-electron chi connectivity index (χ3n) is 4.27. The van der Waals surface area contributed by atoms with Gasteiger partial charge in [-0.25, -0.2) is 4.68 Å². The first-order valence-corrected chi connectivity index (χ1v) is 8.88. The van der Waals surface area contributed by atoms with E-state index in [9.17, 15) is 4.79 Å². The maximum atomic E-state index is 12.2. The quantitative estimate of drug-likeness (QED) is 0.739. The van der Waals surface area contributed by atoms with Gasteiger partial charge in [0.25, 0.3) is 0 Å². The van der Waals surface area contributed by atoms with E-state index in [-0.39, 0.29) is 0 Å². The molecule has 0 radical (unpaired) electrons. The van der Waals surface area contributed by atoms with E-state index in [1.54, 1.807) is 23.1 Å². The first-order chi connectivity index (χ1) is 12.6. The Morgan fingerprint density at radius 2 is 2.19 bits per heavy atom. The van der Waals surface area contributed by atoms with Crippen LogP contribution in [0, 0.1) is 0 Å². The molecule has 1 atom stereocenters. The number of aromatic nitrogens is 3. The monoisotopic (exact) mass is 367 g/mol. The molecule has 132 valence electrons. The number of amides is 1. The molecule has 7 nitrogen and oxygen atoms in total. The Balaban J connectivity index is 1.90. The van der Waals surface area contributed by atoms with Crippen molar-refractivity contribution in [2.75, 3.05) is 12.4 Å². The zero-order valence-electron chi connectivity index (χ0n) is 14.3. The van der Waals surface area contributed by atoms with Gasteiger partial charge in [0.2, 0.25) is 11.9 Å². The lowest BCUT2D eigenvalue weighted by atomic mass is 9.95. The lowest BCUT2D eigenvalue weighted by Gasteiger charge is -2.27. The van der Waals surface area contributed by atoms with E-state index < -0.39 is 11.9 Å². The molecule has 1 aliphatic rings. The zero-order chi connectivity index (χ0) is 18.3. The number of nitrogens with two attached hydrogens (primary N) is 1. The van der Waals surface area contributed by atoms with Crippen LogP contribution in [0.4, 0.5) is 5.95 Å². The largest absolute Gasteiger partial charge is 0.497 e. The minimum Gasteiger partial charge on any atom is -0.497 e. The molecule has 0 fully saturated rings. The van der Waals surface area contributed by atoms with E-state index in [0.29, 0.717) is 28.8 Å². The van der Waals surface area contributed by atoms with Crippen molar-refractivity contribution in [2.45, 2.75) is 13.0 Å². The Bertz CT molecular complexity index is 1010. The number of fused-ring (bicyclic) bond motifs is 1. The van der Waals surface area contributed by atoms with Crippen LogP contribution in [0.3, 0.4) is 0 Å². The summed E-state index contributed by atoms with van der Waals surface area (Å²) in [7, 11) is 1.60. The second-order valence-electron chi connectivity index (χ2n) is 5.89. The number of ether oxygens (including phenoxy) is 1. The van der Waals surface area contributed by atoms with Gasteiger partial charge in [0.05, 0.1) is 17.6 Å². The number of thiophene rings is 1. The molecule has 0 saturated carbocycles. The fourth-order valence-electron chi connectivity index (χ4n) is 3.10. The highest BCUT2D eigenvalue weighted by molar-refractivity contribution is 7.13. The van der Waals surface area contributed by atoms with Gasteiger partial charge in [-0.2, -0.15) is 4.98 Å². The maximum Gasteiger partial charge on any atom is 0.248 e. The average Bonchev–Trinajstić information content (AvgIpc) is 3.29. The van der Waals surface area contributed by atoms with E-state index >= 15 is 0 Å². The first kappa shape index (κ1) is 16.3. The van der Waals surface area contributed by atoms with Crippen molar-refractivity contribution in [2.24, 2.45) is 5.73 Å². The van der Waals surface area contributed by atoms with Gasteiger partial charge in [-0.05, 0) is 36.1 Å². The first-order valence-electron chi connectivity index (χ1n) is 8.00. The molecule has 0 bridgehead atoms. The molecular weight excluding hydrogens is 350 g/mol. The summed E-state index contributed by atoms with van der Waals surface area (Å²) < 4.78 is 7.03. The van der Waals surface area contributed by atoms with Crippen molar-refractivity contribution in [3.63, 3.8) is 0 Å². The molecule has 8 heteroatoms. The Kier molecular flexibility index (Phi) is 3.96. The van der Waals surface area contributed by atoms with Crippen molar-refractivity contribution in [3.05, 3.63) is 58.6 Å². The number of methoxy groups -OCH3 is 1. The molecule has 3 heterocycles. The fourth-order valence-corrected chi connectivity index (χ4v) is 3.75. The second-order valence-corrected chi connectivity index (χ2v) is 6.84. The number of hydrogen-bond donors (Lipinski definition) is 2. The van der Waals surface area contributed by atoms with Crippen LogP contribution in [-0.4, -0.2) is 27.8 Å². The van der Waals surface area contributed by atoms with E-state index in [2.05, 4.69) is 15.4 Å². The summed E-state index contributed by atoms with van der Waals surface area (Å²) in [5.74, 6) is 1.38. The molecule has 0 spiro atoms. The summed E-state index contributed by atoms with van der Waals surface area (Å²) in [5, 5.41) is 9.76. The Morgan fingerprint density at radius 3 is 2.88 bits per heavy atom. The molecule has 0 saturated heterocycles. The van der Waals surface area contributed by atoms with E-state index in [0.717, 1.165) is 10.4 Å². The predicted octanol–water partition coefficient (Wildman–Crippen LogP) is 2.79. The summed E-state index contributed by atoms with van der Waals surface area (Å²) >= 11 is 1.56. The van der Waals surface area contributed by atoms with Crippen molar-refractivity contribution >= 4 is 23.2 Å². The second kappa shape index (κ2) is 6.30. The standard InChI is InChI=1S/C18H17N5O2S/c1-10-14(16(19)24)15(11-5-3-6-12(9-11)25-2)23-18(20-10)21-17(22-23)13-7-4-8-26-13/h3-9,15H,1-2H3,(H2,19,24)(H,20,21,22)/t15-/m0/s1. The number of rotatable bonds is 4. The van der Waals surface area contributed by atoms with Gasteiger partial charge >= 0.3 is 0 Å². The Hall–Kier alpha value is -3.13. The van der Waals surface area contributed by atoms with Gasteiger partial charge in [-0.1, -0.05) is 18.2 Å². The van der Waals surface area contributed by atoms with Crippen LogP contribution in [0.2, 0.25) is 0 Å². The lowest BCUT2D eigenvalue weighted by Crippen LogP contribution is -2.31. The van der Waals surface area contributed by atoms with Crippen molar-refractivity contribution in [1.29, 1.82) is 0 Å².